The number of aromatic nitrogens is 3. The molecule has 2 unspecified atom stereocenters. The molecule has 6 heterocycles. The number of para-hydroxylation sites is 1. The van der Waals surface area contributed by atoms with Gasteiger partial charge in [0.05, 0.1) is 76.9 Å². The summed E-state index contributed by atoms with van der Waals surface area (Å²) in [6.45, 7) is 11.0. The zero-order chi connectivity index (χ0) is 46.3. The van der Waals surface area contributed by atoms with Crippen LogP contribution in [-0.4, -0.2) is 171 Å². The third-order valence-electron chi connectivity index (χ3n) is 11.6. The number of β-amino-alcohol motifs (C(OH)–C–C–N with tert-alkyl or cyclic N) is 1. The summed E-state index contributed by atoms with van der Waals surface area (Å²) in [6.07, 6.45) is 3.15. The number of amides is 3. The zero-order valence-corrected chi connectivity index (χ0v) is 37.6. The van der Waals surface area contributed by atoms with Gasteiger partial charge in [-0.05, 0) is 48.4 Å². The van der Waals surface area contributed by atoms with E-state index in [2.05, 4.69) is 30.3 Å². The molecule has 3 aromatic rings. The van der Waals surface area contributed by atoms with Gasteiger partial charge in [-0.25, -0.2) is 4.98 Å². The number of fused-ring (bicyclic) bond motifs is 4. The fourth-order valence-corrected chi connectivity index (χ4v) is 8.31. The number of aliphatic hydroxyl groups excluding tert-OH is 1. The highest BCUT2D eigenvalue weighted by Gasteiger charge is 2.44. The van der Waals surface area contributed by atoms with Crippen molar-refractivity contribution < 1.29 is 53.0 Å². The number of hydrogen-bond acceptors (Lipinski definition) is 17. The summed E-state index contributed by atoms with van der Waals surface area (Å²) in [5.74, 6) is -0.196. The minimum atomic E-state index is -0.946. The Morgan fingerprint density at radius 1 is 0.846 bits per heavy atom. The van der Waals surface area contributed by atoms with Crippen LogP contribution in [0.4, 0.5) is 17.2 Å². The maximum atomic E-state index is 13.3. The van der Waals surface area contributed by atoms with Crippen LogP contribution in [-0.2, 0) is 38.1 Å². The number of anilines is 3. The van der Waals surface area contributed by atoms with Crippen LogP contribution in [0.1, 0.15) is 40.0 Å². The van der Waals surface area contributed by atoms with Crippen LogP contribution in [0.3, 0.4) is 0 Å². The summed E-state index contributed by atoms with van der Waals surface area (Å²) in [7, 11) is 0. The molecule has 1 aromatic carbocycles. The van der Waals surface area contributed by atoms with Crippen LogP contribution in [0, 0.1) is 11.3 Å². The van der Waals surface area contributed by atoms with Gasteiger partial charge in [-0.1, -0.05) is 32.9 Å². The van der Waals surface area contributed by atoms with Gasteiger partial charge in [-0.2, -0.15) is 0 Å². The van der Waals surface area contributed by atoms with Gasteiger partial charge in [0, 0.05) is 62.2 Å². The first-order valence-electron chi connectivity index (χ1n) is 22.3. The number of carbonyl (C=O) groups is 3. The summed E-state index contributed by atoms with van der Waals surface area (Å²) >= 11 is 0. The molecule has 3 amide bonds. The second-order valence-electron chi connectivity index (χ2n) is 17.5. The van der Waals surface area contributed by atoms with E-state index in [9.17, 15) is 24.6 Å². The Labute approximate surface area is 379 Å². The molecule has 7 N–H and O–H groups in total. The van der Waals surface area contributed by atoms with Gasteiger partial charge in [-0.3, -0.25) is 14.4 Å². The van der Waals surface area contributed by atoms with Gasteiger partial charge in [-0.15, -0.1) is 10.2 Å². The summed E-state index contributed by atoms with van der Waals surface area (Å²) in [4.78, 5) is 48.1. The summed E-state index contributed by atoms with van der Waals surface area (Å²) in [6, 6.07) is 11.4. The second-order valence-corrected chi connectivity index (χ2v) is 17.5. The first-order chi connectivity index (χ1) is 31.3. The van der Waals surface area contributed by atoms with Crippen molar-refractivity contribution in [2.45, 2.75) is 64.3 Å². The molecule has 356 valence electrons. The maximum absolute atomic E-state index is 13.3. The van der Waals surface area contributed by atoms with Crippen LogP contribution < -0.4 is 31.3 Å². The third kappa shape index (κ3) is 14.1. The Kier molecular flexibility index (Phi) is 17.9. The van der Waals surface area contributed by atoms with Crippen LogP contribution in [0.5, 0.6) is 11.6 Å². The first-order valence-corrected chi connectivity index (χ1v) is 22.3. The number of nitrogens with zero attached hydrogens (tertiary/aromatic N) is 6. The lowest BCUT2D eigenvalue weighted by molar-refractivity contribution is -0.144. The van der Waals surface area contributed by atoms with E-state index in [1.54, 1.807) is 39.1 Å². The largest absolute Gasteiger partial charge is 0.507 e. The molecular formula is C45H65N9O11. The van der Waals surface area contributed by atoms with Crippen molar-refractivity contribution in [2.24, 2.45) is 17.1 Å². The van der Waals surface area contributed by atoms with Gasteiger partial charge in [0.1, 0.15) is 31.0 Å². The van der Waals surface area contributed by atoms with E-state index in [-0.39, 0.29) is 44.6 Å². The lowest BCUT2D eigenvalue weighted by Gasteiger charge is -2.38. The maximum Gasteiger partial charge on any atom is 0.246 e. The fraction of sp³-hybridized carbons (Fsp3) is 0.600. The Bertz CT molecular complexity index is 2020. The number of piperidine rings is 1. The number of rotatable bonds is 24. The lowest BCUT2D eigenvalue weighted by atomic mass is 9.85. The average molecular weight is 908 g/mol. The van der Waals surface area contributed by atoms with E-state index in [1.165, 1.54) is 4.90 Å². The number of pyridine rings is 1. The highest BCUT2D eigenvalue weighted by Crippen LogP contribution is 2.37. The molecule has 20 heteroatoms. The van der Waals surface area contributed by atoms with Gasteiger partial charge in [0.2, 0.25) is 23.6 Å². The van der Waals surface area contributed by atoms with Gasteiger partial charge >= 0.3 is 0 Å². The molecule has 65 heavy (non-hydrogen) atoms. The highest BCUT2D eigenvalue weighted by molar-refractivity contribution is 5.93. The molecule has 2 bridgehead atoms. The van der Waals surface area contributed by atoms with E-state index >= 15 is 0 Å². The Hall–Kier alpha value is -5.38. The molecule has 4 saturated heterocycles. The summed E-state index contributed by atoms with van der Waals surface area (Å²) < 4.78 is 33.7. The number of phenols is 1. The molecule has 20 nitrogen and oxygen atoms in total. The van der Waals surface area contributed by atoms with E-state index in [4.69, 9.17) is 39.9 Å². The number of nitrogens with two attached hydrogens (primary N) is 2. The number of benzene rings is 1. The van der Waals surface area contributed by atoms with Gasteiger partial charge in [0.15, 0.2) is 5.82 Å². The molecule has 0 radical (unpaired) electrons. The molecule has 5 atom stereocenters. The topological polar surface area (TPSA) is 260 Å². The Balaban J connectivity index is 0.783. The molecular weight excluding hydrogens is 843 g/mol. The Morgan fingerprint density at radius 3 is 2.17 bits per heavy atom. The number of nitrogen functional groups attached to an aromatic ring is 1. The number of ether oxygens (including phenoxy) is 6. The van der Waals surface area contributed by atoms with E-state index < -0.39 is 41.3 Å². The number of primary amides is 1. The van der Waals surface area contributed by atoms with Crippen LogP contribution >= 0.6 is 0 Å². The van der Waals surface area contributed by atoms with Crippen LogP contribution in [0.25, 0.3) is 11.3 Å². The molecule has 0 saturated carbocycles. The predicted octanol–water partition coefficient (Wildman–Crippen LogP) is 1.37. The number of carbonyl (C=O) groups excluding carboxylic acids is 3. The van der Waals surface area contributed by atoms with Crippen molar-refractivity contribution in [3.63, 3.8) is 0 Å². The average Bonchev–Trinajstić information content (AvgIpc) is 3.44. The predicted molar refractivity (Wildman–Crippen MR) is 240 cm³/mol. The normalized spacial score (nSPS) is 20.2. The summed E-state index contributed by atoms with van der Waals surface area (Å²) in [5, 5.41) is 31.6. The van der Waals surface area contributed by atoms with Crippen LogP contribution in [0.15, 0.2) is 48.7 Å². The van der Waals surface area contributed by atoms with Crippen molar-refractivity contribution in [1.29, 1.82) is 0 Å². The first kappa shape index (κ1) is 49.1. The smallest absolute Gasteiger partial charge is 0.246 e. The summed E-state index contributed by atoms with van der Waals surface area (Å²) in [5.41, 5.74) is 14.2. The number of aliphatic hydroxyl groups is 1. The highest BCUT2D eigenvalue weighted by atomic mass is 16.6. The van der Waals surface area contributed by atoms with Crippen molar-refractivity contribution in [2.75, 3.05) is 114 Å². The SMILES string of the molecule is CC(C)(C)[C@H](NC(=O)COCCOCCOCCOCCOCCOc1cc(N2CC3CCC2CN(c2cc(-c4ccccc4O)nnc2N)C3)ccn1)C(=O)N1C[C@H](O)C[C@H]1C(N)=O. The van der Waals surface area contributed by atoms with Crippen molar-refractivity contribution in [3.05, 3.63) is 48.7 Å². The molecule has 4 fully saturated rings. The molecule has 4 aliphatic rings. The van der Waals surface area contributed by atoms with Gasteiger partial charge < -0.3 is 70.1 Å². The Morgan fingerprint density at radius 2 is 1.51 bits per heavy atom. The molecule has 7 rings (SSSR count). The second kappa shape index (κ2) is 23.7. The molecule has 0 spiro atoms. The molecule has 4 aliphatic heterocycles. The standard InChI is InChI=1S/C45H65N9O11/c1-45(2,3)41(44(59)54-28-33(55)23-37(54)43(47)58)49-39(57)29-64-19-18-62-15-14-60-12-13-61-16-17-63-20-21-65-40-22-31(10-11-48-40)53-26-30-8-9-32(53)27-52(25-30)36-24-35(50-51-42(36)46)34-6-4-5-7-38(34)56/h4-7,10-11,22,24,30,32-33,37,41,55-56H,8-9,12-21,23,25-29H2,1-3H3,(H2,46,51)(H2,47,58)(H,49,57)/t30?,32?,33-,37+,41-/m1/s1. The van der Waals surface area contributed by atoms with E-state index in [0.717, 1.165) is 43.9 Å². The van der Waals surface area contributed by atoms with Crippen molar-refractivity contribution >= 4 is 34.9 Å². The minimum absolute atomic E-state index is 0.0265. The quantitative estimate of drug-likeness (QED) is 0.0796. The van der Waals surface area contributed by atoms with Crippen LogP contribution in [0.2, 0.25) is 0 Å². The third-order valence-corrected chi connectivity index (χ3v) is 11.6. The molecule has 2 aromatic heterocycles. The van der Waals surface area contributed by atoms with E-state index in [0.29, 0.717) is 81.7 Å². The zero-order valence-electron chi connectivity index (χ0n) is 37.6. The lowest BCUT2D eigenvalue weighted by Crippen LogP contribution is -2.57. The number of hydrogen-bond donors (Lipinski definition) is 5. The van der Waals surface area contributed by atoms with Crippen molar-refractivity contribution in [1.82, 2.24) is 25.4 Å². The number of aromatic hydroxyl groups is 1. The molecule has 0 aliphatic carbocycles. The van der Waals surface area contributed by atoms with Gasteiger partial charge in [0.25, 0.3) is 0 Å². The number of nitrogens with one attached hydrogen (secondary N) is 1. The van der Waals surface area contributed by atoms with Crippen molar-refractivity contribution in [3.8, 4) is 22.9 Å². The monoisotopic (exact) mass is 907 g/mol. The number of phenolic OH excluding ortho intramolecular Hbond substituents is 1. The number of likely N-dealkylation sites (tertiary alicyclic amines) is 1. The van der Waals surface area contributed by atoms with E-state index in [1.807, 2.05) is 30.3 Å². The minimum Gasteiger partial charge on any atom is -0.507 e. The fourth-order valence-electron chi connectivity index (χ4n) is 8.31.